The Morgan fingerprint density at radius 3 is 2.62 bits per heavy atom. The number of carbonyl (C=O) groups excluding carboxylic acids is 1. The monoisotopic (exact) mass is 364 g/mol. The van der Waals surface area contributed by atoms with Gasteiger partial charge in [0, 0.05) is 19.4 Å². The zero-order valence-electron chi connectivity index (χ0n) is 14.5. The average molecular weight is 364 g/mol. The van der Waals surface area contributed by atoms with Gasteiger partial charge < -0.3 is 18.9 Å². The van der Waals surface area contributed by atoms with Crippen LogP contribution in [0.5, 0.6) is 17.2 Å². The molecule has 1 aliphatic rings. The lowest BCUT2D eigenvalue weighted by atomic mass is 10.1. The minimum absolute atomic E-state index is 0.00313. The van der Waals surface area contributed by atoms with Crippen LogP contribution in [-0.4, -0.2) is 18.9 Å². The zero-order chi connectivity index (χ0) is 18.9. The molecule has 26 heavy (non-hydrogen) atoms. The van der Waals surface area contributed by atoms with E-state index in [9.17, 15) is 13.6 Å². The minimum atomic E-state index is -2.73. The summed E-state index contributed by atoms with van der Waals surface area (Å²) >= 11 is 0. The van der Waals surface area contributed by atoms with Crippen molar-refractivity contribution in [1.29, 1.82) is 0 Å². The van der Waals surface area contributed by atoms with Crippen LogP contribution in [0.25, 0.3) is 0 Å². The number of cyclic esters (lactones) is 1. The largest absolute Gasteiger partial charge is 0.497 e. The minimum Gasteiger partial charge on any atom is -0.497 e. The van der Waals surface area contributed by atoms with Crippen LogP contribution in [0.2, 0.25) is 0 Å². The van der Waals surface area contributed by atoms with Gasteiger partial charge in [-0.05, 0) is 29.8 Å². The van der Waals surface area contributed by atoms with E-state index in [0.29, 0.717) is 5.75 Å². The highest BCUT2D eigenvalue weighted by Crippen LogP contribution is 2.40. The molecule has 2 aromatic rings. The summed E-state index contributed by atoms with van der Waals surface area (Å²) in [5.74, 6) is -1.28. The average Bonchev–Trinajstić information content (AvgIpc) is 2.58. The fourth-order valence-corrected chi connectivity index (χ4v) is 2.61. The molecule has 0 spiro atoms. The summed E-state index contributed by atoms with van der Waals surface area (Å²) in [6, 6.07) is 9.37. The Morgan fingerprint density at radius 2 is 1.92 bits per heavy atom. The first-order chi connectivity index (χ1) is 12.3. The second kappa shape index (κ2) is 6.82. The maximum atomic E-state index is 13.2. The fraction of sp³-hybridized carbons (Fsp3) is 0.316. The van der Waals surface area contributed by atoms with E-state index in [1.807, 2.05) is 0 Å². The van der Waals surface area contributed by atoms with E-state index in [-0.39, 0.29) is 29.2 Å². The topological polar surface area (TPSA) is 54.0 Å². The number of hydrogen-bond donors (Lipinski definition) is 0. The molecular weight excluding hydrogens is 346 g/mol. The van der Waals surface area contributed by atoms with E-state index < -0.39 is 18.2 Å². The quantitative estimate of drug-likeness (QED) is 0.732. The molecule has 0 unspecified atom stereocenters. The third-order valence-electron chi connectivity index (χ3n) is 3.77. The van der Waals surface area contributed by atoms with Crippen molar-refractivity contribution in [3.05, 3.63) is 53.1 Å². The van der Waals surface area contributed by atoms with Crippen LogP contribution in [0.4, 0.5) is 8.78 Å². The van der Waals surface area contributed by atoms with Crippen molar-refractivity contribution in [2.24, 2.45) is 0 Å². The summed E-state index contributed by atoms with van der Waals surface area (Å²) in [5, 5.41) is 0. The molecule has 138 valence electrons. The lowest BCUT2D eigenvalue weighted by Crippen LogP contribution is -2.39. The van der Waals surface area contributed by atoms with Crippen LogP contribution in [0.3, 0.4) is 0 Å². The van der Waals surface area contributed by atoms with Crippen LogP contribution < -0.4 is 14.2 Å². The molecule has 5 nitrogen and oxygen atoms in total. The van der Waals surface area contributed by atoms with Crippen molar-refractivity contribution in [3.8, 4) is 17.2 Å². The number of carbonyl (C=O) groups is 1. The van der Waals surface area contributed by atoms with Crippen molar-refractivity contribution < 1.29 is 32.5 Å². The molecule has 0 atom stereocenters. The standard InChI is InChI=1S/C19H18F2O5/c1-19(2)25-15-9-12(17(20)21)8-14(16(15)18(22)26-19)24-10-11-5-4-6-13(7-11)23-3/h4-9,17H,10H2,1-3H3. The van der Waals surface area contributed by atoms with Crippen molar-refractivity contribution >= 4 is 5.97 Å². The maximum absolute atomic E-state index is 13.2. The van der Waals surface area contributed by atoms with E-state index in [4.69, 9.17) is 18.9 Å². The molecule has 7 heteroatoms. The SMILES string of the molecule is COc1cccc(COc2cc(C(F)F)cc3c2C(=O)OC(C)(C)O3)c1. The predicted octanol–water partition coefficient (Wildman–Crippen LogP) is 4.50. The van der Waals surface area contributed by atoms with Crippen molar-refractivity contribution in [1.82, 2.24) is 0 Å². The first-order valence-corrected chi connectivity index (χ1v) is 7.93. The Hall–Kier alpha value is -2.83. The van der Waals surface area contributed by atoms with E-state index in [1.165, 1.54) is 21.0 Å². The van der Waals surface area contributed by atoms with Gasteiger partial charge in [-0.3, -0.25) is 0 Å². The summed E-state index contributed by atoms with van der Waals surface area (Å²) < 4.78 is 48.0. The van der Waals surface area contributed by atoms with E-state index in [1.54, 1.807) is 24.3 Å². The predicted molar refractivity (Wildman–Crippen MR) is 88.8 cm³/mol. The lowest BCUT2D eigenvalue weighted by molar-refractivity contribution is -0.127. The summed E-state index contributed by atoms with van der Waals surface area (Å²) in [5.41, 5.74) is 0.456. The van der Waals surface area contributed by atoms with Gasteiger partial charge in [0.2, 0.25) is 5.79 Å². The van der Waals surface area contributed by atoms with Crippen LogP contribution in [0.1, 0.15) is 41.8 Å². The first kappa shape index (κ1) is 18.0. The van der Waals surface area contributed by atoms with Gasteiger partial charge in [-0.15, -0.1) is 0 Å². The second-order valence-electron chi connectivity index (χ2n) is 6.22. The van der Waals surface area contributed by atoms with Crippen LogP contribution in [0, 0.1) is 0 Å². The highest BCUT2D eigenvalue weighted by molar-refractivity contribution is 5.97. The zero-order valence-corrected chi connectivity index (χ0v) is 14.5. The summed E-state index contributed by atoms with van der Waals surface area (Å²) in [6.45, 7) is 3.12. The van der Waals surface area contributed by atoms with Gasteiger partial charge in [-0.25, -0.2) is 13.6 Å². The summed E-state index contributed by atoms with van der Waals surface area (Å²) in [7, 11) is 1.54. The van der Waals surface area contributed by atoms with Crippen LogP contribution >= 0.6 is 0 Å². The van der Waals surface area contributed by atoms with Gasteiger partial charge in [-0.1, -0.05) is 12.1 Å². The number of ether oxygens (including phenoxy) is 4. The normalized spacial score (nSPS) is 15.1. The van der Waals surface area contributed by atoms with Gasteiger partial charge in [0.25, 0.3) is 6.43 Å². The van der Waals surface area contributed by atoms with Gasteiger partial charge in [0.05, 0.1) is 7.11 Å². The Bertz CT molecular complexity index is 833. The number of hydrogen-bond acceptors (Lipinski definition) is 5. The number of halogens is 2. The molecule has 0 N–H and O–H groups in total. The molecule has 1 heterocycles. The Balaban J connectivity index is 1.95. The number of rotatable bonds is 5. The third kappa shape index (κ3) is 3.71. The number of esters is 1. The summed E-state index contributed by atoms with van der Waals surface area (Å²) in [4.78, 5) is 12.3. The molecule has 3 rings (SSSR count). The molecule has 2 aromatic carbocycles. The fourth-order valence-electron chi connectivity index (χ4n) is 2.61. The number of benzene rings is 2. The highest BCUT2D eigenvalue weighted by atomic mass is 19.3. The number of alkyl halides is 2. The molecule has 1 aliphatic heterocycles. The van der Waals surface area contributed by atoms with Crippen molar-refractivity contribution in [2.75, 3.05) is 7.11 Å². The molecule has 0 aliphatic carbocycles. The smallest absolute Gasteiger partial charge is 0.349 e. The van der Waals surface area contributed by atoms with Crippen LogP contribution in [0.15, 0.2) is 36.4 Å². The van der Waals surface area contributed by atoms with E-state index in [2.05, 4.69) is 0 Å². The van der Waals surface area contributed by atoms with Crippen molar-refractivity contribution in [2.45, 2.75) is 32.7 Å². The Labute approximate surface area is 149 Å². The first-order valence-electron chi connectivity index (χ1n) is 7.93. The molecular formula is C19H18F2O5. The molecule has 0 bridgehead atoms. The molecule has 0 radical (unpaired) electrons. The highest BCUT2D eigenvalue weighted by Gasteiger charge is 2.37. The number of fused-ring (bicyclic) bond motifs is 1. The molecule has 0 fully saturated rings. The van der Waals surface area contributed by atoms with E-state index in [0.717, 1.165) is 17.7 Å². The third-order valence-corrected chi connectivity index (χ3v) is 3.77. The lowest BCUT2D eigenvalue weighted by Gasteiger charge is -2.32. The van der Waals surface area contributed by atoms with E-state index >= 15 is 0 Å². The molecule has 0 amide bonds. The second-order valence-corrected chi connectivity index (χ2v) is 6.22. The molecule has 0 saturated carbocycles. The maximum Gasteiger partial charge on any atom is 0.349 e. The van der Waals surface area contributed by atoms with Crippen molar-refractivity contribution in [3.63, 3.8) is 0 Å². The van der Waals surface area contributed by atoms with Gasteiger partial charge >= 0.3 is 5.97 Å². The van der Waals surface area contributed by atoms with Gasteiger partial charge in [0.15, 0.2) is 0 Å². The van der Waals surface area contributed by atoms with Gasteiger partial charge in [0.1, 0.15) is 29.4 Å². The Kier molecular flexibility index (Phi) is 4.71. The molecule has 0 saturated heterocycles. The molecule has 0 aromatic heterocycles. The van der Waals surface area contributed by atoms with Crippen LogP contribution in [-0.2, 0) is 11.3 Å². The van der Waals surface area contributed by atoms with Gasteiger partial charge in [-0.2, -0.15) is 0 Å². The number of methoxy groups -OCH3 is 1. The Morgan fingerprint density at radius 1 is 1.15 bits per heavy atom. The summed E-state index contributed by atoms with van der Waals surface area (Å²) in [6.07, 6.45) is -2.73.